The molecule has 0 fully saturated rings. The van der Waals surface area contributed by atoms with Crippen molar-refractivity contribution in [2.75, 3.05) is 0 Å². The molecule has 3 aromatic rings. The Balaban J connectivity index is 1.65. The summed E-state index contributed by atoms with van der Waals surface area (Å²) in [6, 6.07) is 15.7. The van der Waals surface area contributed by atoms with Gasteiger partial charge < -0.3 is 9.30 Å². The van der Waals surface area contributed by atoms with Crippen molar-refractivity contribution >= 4 is 11.8 Å². The summed E-state index contributed by atoms with van der Waals surface area (Å²) in [5.41, 5.74) is 5.84. The lowest BCUT2D eigenvalue weighted by molar-refractivity contribution is -0.0498. The molecule has 2 N–H and O–H groups in total. The normalized spacial score (nSPS) is 10.5. The van der Waals surface area contributed by atoms with E-state index >= 15 is 0 Å². The van der Waals surface area contributed by atoms with Gasteiger partial charge in [-0.05, 0) is 48.5 Å². The molecule has 0 aliphatic heterocycles. The fourth-order valence-electron chi connectivity index (χ4n) is 2.43. The van der Waals surface area contributed by atoms with E-state index in [1.807, 2.05) is 12.1 Å². The van der Waals surface area contributed by atoms with Gasteiger partial charge >= 0.3 is 6.61 Å². The second-order valence-electron chi connectivity index (χ2n) is 5.42. The summed E-state index contributed by atoms with van der Waals surface area (Å²) in [6.45, 7) is -2.94. The Morgan fingerprint density at radius 2 is 1.48 bits per heavy atom. The Morgan fingerprint density at radius 1 is 0.852 bits per heavy atom. The van der Waals surface area contributed by atoms with E-state index in [4.69, 9.17) is 0 Å². The molecule has 0 unspecified atom stereocenters. The van der Waals surface area contributed by atoms with Crippen LogP contribution in [0.15, 0.2) is 73.1 Å². The van der Waals surface area contributed by atoms with Gasteiger partial charge in [-0.1, -0.05) is 12.1 Å². The van der Waals surface area contributed by atoms with Crippen molar-refractivity contribution in [1.82, 2.24) is 15.4 Å². The van der Waals surface area contributed by atoms with Crippen LogP contribution in [0.2, 0.25) is 0 Å². The van der Waals surface area contributed by atoms with E-state index in [0.717, 1.165) is 0 Å². The van der Waals surface area contributed by atoms with E-state index in [1.54, 1.807) is 41.2 Å². The number of benzene rings is 2. The van der Waals surface area contributed by atoms with Gasteiger partial charge in [-0.2, -0.15) is 8.78 Å². The number of aromatic nitrogens is 1. The molecule has 0 saturated heterocycles. The van der Waals surface area contributed by atoms with Crippen LogP contribution in [-0.2, 0) is 0 Å². The topological polar surface area (TPSA) is 72.4 Å². The second kappa shape index (κ2) is 8.13. The molecule has 1 heterocycles. The van der Waals surface area contributed by atoms with Gasteiger partial charge in [0.2, 0.25) is 0 Å². The van der Waals surface area contributed by atoms with Crippen molar-refractivity contribution in [3.8, 4) is 11.4 Å². The lowest BCUT2D eigenvalue weighted by Crippen LogP contribution is -2.41. The largest absolute Gasteiger partial charge is 0.435 e. The minimum absolute atomic E-state index is 0.0637. The number of nitrogens with zero attached hydrogens (tertiary/aromatic N) is 1. The number of ether oxygens (including phenoxy) is 1. The zero-order valence-corrected chi connectivity index (χ0v) is 13.9. The van der Waals surface area contributed by atoms with Crippen LogP contribution in [0.1, 0.15) is 20.7 Å². The van der Waals surface area contributed by atoms with Crippen LogP contribution in [0.3, 0.4) is 0 Å². The quantitative estimate of drug-likeness (QED) is 0.677. The molecule has 2 aromatic carbocycles. The number of hydrogen-bond acceptors (Lipinski definition) is 3. The Morgan fingerprint density at radius 3 is 2.15 bits per heavy atom. The number of para-hydroxylation sites is 1. The molecule has 0 saturated carbocycles. The smallest absolute Gasteiger partial charge is 0.387 e. The summed E-state index contributed by atoms with van der Waals surface area (Å²) in [4.78, 5) is 24.5. The third kappa shape index (κ3) is 4.49. The number of halogens is 2. The summed E-state index contributed by atoms with van der Waals surface area (Å²) < 4.78 is 30.3. The monoisotopic (exact) mass is 371 g/mol. The van der Waals surface area contributed by atoms with Crippen molar-refractivity contribution in [3.05, 3.63) is 84.2 Å². The molecule has 0 aliphatic carbocycles. The Bertz CT molecular complexity index is 926. The Hall–Kier alpha value is -3.68. The van der Waals surface area contributed by atoms with Crippen molar-refractivity contribution in [1.29, 1.82) is 0 Å². The molecule has 3 rings (SSSR count). The van der Waals surface area contributed by atoms with Crippen LogP contribution >= 0.6 is 0 Å². The highest BCUT2D eigenvalue weighted by atomic mass is 19.3. The third-order valence-electron chi connectivity index (χ3n) is 3.66. The summed E-state index contributed by atoms with van der Waals surface area (Å²) in [7, 11) is 0. The number of hydrogen-bond donors (Lipinski definition) is 2. The van der Waals surface area contributed by atoms with Gasteiger partial charge in [-0.3, -0.25) is 20.4 Å². The zero-order valence-electron chi connectivity index (χ0n) is 13.9. The van der Waals surface area contributed by atoms with Crippen molar-refractivity contribution in [2.45, 2.75) is 6.61 Å². The first-order valence-electron chi connectivity index (χ1n) is 7.92. The van der Waals surface area contributed by atoms with Gasteiger partial charge in [-0.25, -0.2) is 0 Å². The molecular weight excluding hydrogens is 356 g/mol. The van der Waals surface area contributed by atoms with E-state index in [2.05, 4.69) is 15.6 Å². The van der Waals surface area contributed by atoms with Crippen LogP contribution in [-0.4, -0.2) is 23.0 Å². The van der Waals surface area contributed by atoms with Crippen LogP contribution in [0.4, 0.5) is 8.78 Å². The summed E-state index contributed by atoms with van der Waals surface area (Å²) >= 11 is 0. The second-order valence-corrected chi connectivity index (χ2v) is 5.42. The zero-order chi connectivity index (χ0) is 19.2. The van der Waals surface area contributed by atoms with Crippen LogP contribution in [0.5, 0.6) is 5.75 Å². The minimum atomic E-state index is -2.94. The standard InChI is InChI=1S/C19H15F2N3O3/c20-19(21)27-14-9-7-13(8-10-14)17(25)22-23-18(26)15-5-1-2-6-16(15)24-11-3-4-12-24/h1-12,19H,(H,22,25)(H,23,26). The number of alkyl halides is 2. The van der Waals surface area contributed by atoms with E-state index in [0.29, 0.717) is 11.3 Å². The first-order valence-corrected chi connectivity index (χ1v) is 7.92. The van der Waals surface area contributed by atoms with E-state index in [-0.39, 0.29) is 11.3 Å². The van der Waals surface area contributed by atoms with Crippen LogP contribution < -0.4 is 15.6 Å². The van der Waals surface area contributed by atoms with Gasteiger partial charge in [0.05, 0.1) is 11.3 Å². The first kappa shape index (κ1) is 18.1. The third-order valence-corrected chi connectivity index (χ3v) is 3.66. The molecular formula is C19H15F2N3O3. The molecule has 27 heavy (non-hydrogen) atoms. The summed E-state index contributed by atoms with van der Waals surface area (Å²) in [5, 5.41) is 0. The van der Waals surface area contributed by atoms with Gasteiger partial charge in [0, 0.05) is 18.0 Å². The van der Waals surface area contributed by atoms with E-state index in [1.165, 1.54) is 24.3 Å². The average Bonchev–Trinajstić information content (AvgIpc) is 3.20. The Kier molecular flexibility index (Phi) is 5.46. The highest BCUT2D eigenvalue weighted by Crippen LogP contribution is 2.16. The van der Waals surface area contributed by atoms with Gasteiger partial charge in [0.1, 0.15) is 5.75 Å². The maximum Gasteiger partial charge on any atom is 0.387 e. The minimum Gasteiger partial charge on any atom is -0.435 e. The average molecular weight is 371 g/mol. The number of carbonyl (C=O) groups excluding carboxylic acids is 2. The maximum atomic E-state index is 12.4. The van der Waals surface area contributed by atoms with Crippen LogP contribution in [0, 0.1) is 0 Å². The van der Waals surface area contributed by atoms with Gasteiger partial charge in [0.25, 0.3) is 11.8 Å². The molecule has 6 nitrogen and oxygen atoms in total. The number of rotatable bonds is 5. The van der Waals surface area contributed by atoms with E-state index < -0.39 is 18.4 Å². The van der Waals surface area contributed by atoms with Gasteiger partial charge in [0.15, 0.2) is 0 Å². The van der Waals surface area contributed by atoms with Crippen molar-refractivity contribution in [2.24, 2.45) is 0 Å². The number of carbonyl (C=O) groups is 2. The number of nitrogens with one attached hydrogen (secondary N) is 2. The first-order chi connectivity index (χ1) is 13.0. The molecule has 2 amide bonds. The molecule has 138 valence electrons. The molecule has 0 atom stereocenters. The predicted molar refractivity (Wildman–Crippen MR) is 93.8 cm³/mol. The molecule has 0 spiro atoms. The lowest BCUT2D eigenvalue weighted by atomic mass is 10.1. The fourth-order valence-corrected chi connectivity index (χ4v) is 2.43. The number of amides is 2. The highest BCUT2D eigenvalue weighted by molar-refractivity contribution is 6.01. The highest BCUT2D eigenvalue weighted by Gasteiger charge is 2.14. The fraction of sp³-hybridized carbons (Fsp3) is 0.0526. The molecule has 0 radical (unpaired) electrons. The van der Waals surface area contributed by atoms with E-state index in [9.17, 15) is 18.4 Å². The molecule has 1 aromatic heterocycles. The summed E-state index contributed by atoms with van der Waals surface area (Å²) in [6.07, 6.45) is 3.60. The van der Waals surface area contributed by atoms with Crippen molar-refractivity contribution < 1.29 is 23.1 Å². The van der Waals surface area contributed by atoms with Crippen molar-refractivity contribution in [3.63, 3.8) is 0 Å². The van der Waals surface area contributed by atoms with Crippen LogP contribution in [0.25, 0.3) is 5.69 Å². The Labute approximate surface area is 153 Å². The predicted octanol–water partition coefficient (Wildman–Crippen LogP) is 3.15. The molecule has 0 bridgehead atoms. The van der Waals surface area contributed by atoms with Gasteiger partial charge in [-0.15, -0.1) is 0 Å². The molecule has 0 aliphatic rings. The lowest BCUT2D eigenvalue weighted by Gasteiger charge is -2.12. The molecule has 8 heteroatoms. The summed E-state index contributed by atoms with van der Waals surface area (Å²) in [5.74, 6) is -1.15. The SMILES string of the molecule is O=C(NNC(=O)c1ccccc1-n1cccc1)c1ccc(OC(F)F)cc1. The number of hydrazine groups is 1. The maximum absolute atomic E-state index is 12.4.